The van der Waals surface area contributed by atoms with Crippen molar-refractivity contribution in [2.24, 2.45) is 5.92 Å². The molecule has 0 unspecified atom stereocenters. The highest BCUT2D eigenvalue weighted by molar-refractivity contribution is 7.89. The van der Waals surface area contributed by atoms with E-state index >= 15 is 0 Å². The lowest BCUT2D eigenvalue weighted by Gasteiger charge is -2.31. The Bertz CT molecular complexity index is 1020. The van der Waals surface area contributed by atoms with Gasteiger partial charge in [-0.1, -0.05) is 29.0 Å². The molecule has 0 saturated carbocycles. The number of benzene rings is 1. The highest BCUT2D eigenvalue weighted by atomic mass is 32.2. The van der Waals surface area contributed by atoms with Crippen LogP contribution in [-0.2, 0) is 19.6 Å². The fraction of sp³-hybridized carbons (Fsp3) is 0.500. The van der Waals surface area contributed by atoms with Crippen molar-refractivity contribution < 1.29 is 18.0 Å². The molecule has 9 nitrogen and oxygen atoms in total. The second-order valence-electron chi connectivity index (χ2n) is 7.76. The van der Waals surface area contributed by atoms with Gasteiger partial charge >= 0.3 is 0 Å². The van der Waals surface area contributed by atoms with Gasteiger partial charge in [0.1, 0.15) is 5.51 Å². The van der Waals surface area contributed by atoms with Gasteiger partial charge in [0.2, 0.25) is 27.0 Å². The van der Waals surface area contributed by atoms with Gasteiger partial charge in [-0.2, -0.15) is 0 Å². The minimum atomic E-state index is -3.69. The van der Waals surface area contributed by atoms with Gasteiger partial charge in [-0.3, -0.25) is 9.59 Å². The lowest BCUT2D eigenvalue weighted by Crippen LogP contribution is -2.42. The summed E-state index contributed by atoms with van der Waals surface area (Å²) in [6, 6.07) is 3.66. The zero-order valence-electron chi connectivity index (χ0n) is 17.8. The number of aryl methyl sites for hydroxylation is 3. The number of anilines is 1. The molecule has 2 heterocycles. The molecule has 2 amide bonds. The molecule has 3 rings (SSSR count). The van der Waals surface area contributed by atoms with Gasteiger partial charge in [-0.15, -0.1) is 10.2 Å². The van der Waals surface area contributed by atoms with Gasteiger partial charge in [-0.25, -0.2) is 13.1 Å². The van der Waals surface area contributed by atoms with E-state index in [-0.39, 0.29) is 35.6 Å². The third-order valence-electron chi connectivity index (χ3n) is 5.31. The number of nitrogens with one attached hydrogen (secondary N) is 2. The number of rotatable bonds is 7. The van der Waals surface area contributed by atoms with E-state index in [0.29, 0.717) is 42.2 Å². The number of sulfonamides is 1. The Hall–Kier alpha value is -2.37. The molecule has 168 valence electrons. The van der Waals surface area contributed by atoms with Gasteiger partial charge in [-0.05, 0) is 44.7 Å². The number of aromatic nitrogens is 2. The SMILES string of the molecule is Cc1cc(C)c(S(=O)(=O)NCCC(=O)N2CCC(C(=O)Nc3nncs3)CC2)c(C)c1. The molecule has 0 spiro atoms. The number of carbonyl (C=O) groups is 2. The lowest BCUT2D eigenvalue weighted by molar-refractivity contribution is -0.134. The van der Waals surface area contributed by atoms with Crippen LogP contribution in [0.4, 0.5) is 5.13 Å². The van der Waals surface area contributed by atoms with E-state index in [1.807, 2.05) is 19.1 Å². The Labute approximate surface area is 186 Å². The molecular formula is C20H27N5O4S2. The minimum Gasteiger partial charge on any atom is -0.343 e. The predicted molar refractivity (Wildman–Crippen MR) is 118 cm³/mol. The number of likely N-dealkylation sites (tertiary alicyclic amines) is 1. The largest absolute Gasteiger partial charge is 0.343 e. The van der Waals surface area contributed by atoms with E-state index < -0.39 is 10.0 Å². The maximum Gasteiger partial charge on any atom is 0.241 e. The molecule has 1 aliphatic heterocycles. The van der Waals surface area contributed by atoms with Crippen LogP contribution in [0.25, 0.3) is 0 Å². The molecule has 1 aromatic carbocycles. The van der Waals surface area contributed by atoms with Crippen LogP contribution in [0, 0.1) is 26.7 Å². The molecule has 0 bridgehead atoms. The molecule has 0 aliphatic carbocycles. The highest BCUT2D eigenvalue weighted by Crippen LogP contribution is 2.22. The monoisotopic (exact) mass is 465 g/mol. The molecule has 1 aromatic heterocycles. The molecule has 1 saturated heterocycles. The van der Waals surface area contributed by atoms with Crippen LogP contribution in [0.15, 0.2) is 22.5 Å². The maximum atomic E-state index is 12.7. The summed E-state index contributed by atoms with van der Waals surface area (Å²) >= 11 is 1.26. The Morgan fingerprint density at radius 1 is 1.16 bits per heavy atom. The van der Waals surface area contributed by atoms with Crippen molar-refractivity contribution in [1.29, 1.82) is 0 Å². The van der Waals surface area contributed by atoms with Gasteiger partial charge in [0, 0.05) is 32.0 Å². The van der Waals surface area contributed by atoms with Crippen LogP contribution in [0.5, 0.6) is 0 Å². The summed E-state index contributed by atoms with van der Waals surface area (Å²) in [6.07, 6.45) is 1.19. The topological polar surface area (TPSA) is 121 Å². The zero-order valence-corrected chi connectivity index (χ0v) is 19.5. The number of nitrogens with zero attached hydrogens (tertiary/aromatic N) is 3. The Morgan fingerprint density at radius 3 is 2.39 bits per heavy atom. The lowest BCUT2D eigenvalue weighted by atomic mass is 9.96. The first-order valence-corrected chi connectivity index (χ1v) is 12.5. The van der Waals surface area contributed by atoms with Crippen LogP contribution in [-0.4, -0.2) is 55.0 Å². The Balaban J connectivity index is 1.47. The first kappa shape index (κ1) is 23.3. The van der Waals surface area contributed by atoms with E-state index in [0.717, 1.165) is 5.56 Å². The fourth-order valence-electron chi connectivity index (χ4n) is 3.94. The summed E-state index contributed by atoms with van der Waals surface area (Å²) in [5, 5.41) is 10.7. The summed E-state index contributed by atoms with van der Waals surface area (Å²) in [5.74, 6) is -0.414. The highest BCUT2D eigenvalue weighted by Gasteiger charge is 2.28. The predicted octanol–water partition coefficient (Wildman–Crippen LogP) is 2.01. The number of hydrogen-bond donors (Lipinski definition) is 2. The summed E-state index contributed by atoms with van der Waals surface area (Å²) in [4.78, 5) is 26.7. The molecule has 2 N–H and O–H groups in total. The second kappa shape index (κ2) is 9.84. The van der Waals surface area contributed by atoms with Gasteiger partial charge in [0.05, 0.1) is 4.90 Å². The van der Waals surface area contributed by atoms with Gasteiger partial charge in [0.15, 0.2) is 0 Å². The molecule has 0 radical (unpaired) electrons. The number of hydrogen-bond acceptors (Lipinski definition) is 7. The number of piperidine rings is 1. The van der Waals surface area contributed by atoms with Crippen molar-refractivity contribution in [3.05, 3.63) is 34.3 Å². The molecule has 31 heavy (non-hydrogen) atoms. The number of amides is 2. The van der Waals surface area contributed by atoms with Gasteiger partial charge < -0.3 is 10.2 Å². The van der Waals surface area contributed by atoms with Crippen LogP contribution in [0.3, 0.4) is 0 Å². The fourth-order valence-corrected chi connectivity index (χ4v) is 5.87. The molecule has 0 atom stereocenters. The van der Waals surface area contributed by atoms with Gasteiger partial charge in [0.25, 0.3) is 0 Å². The third-order valence-corrected chi connectivity index (χ3v) is 7.69. The van der Waals surface area contributed by atoms with Crippen molar-refractivity contribution in [2.75, 3.05) is 25.0 Å². The molecular weight excluding hydrogens is 438 g/mol. The quantitative estimate of drug-likeness (QED) is 0.645. The minimum absolute atomic E-state index is 0.0331. The third kappa shape index (κ3) is 5.86. The average Bonchev–Trinajstić information content (AvgIpc) is 3.19. The molecule has 1 fully saturated rings. The zero-order chi connectivity index (χ0) is 22.6. The van der Waals surface area contributed by atoms with E-state index in [9.17, 15) is 18.0 Å². The van der Waals surface area contributed by atoms with E-state index in [1.54, 1.807) is 24.3 Å². The summed E-state index contributed by atoms with van der Waals surface area (Å²) in [6.45, 7) is 6.43. The van der Waals surface area contributed by atoms with E-state index in [4.69, 9.17) is 0 Å². The van der Waals surface area contributed by atoms with E-state index in [2.05, 4.69) is 20.2 Å². The smallest absolute Gasteiger partial charge is 0.241 e. The average molecular weight is 466 g/mol. The first-order valence-electron chi connectivity index (χ1n) is 10.1. The Morgan fingerprint density at radius 2 is 1.81 bits per heavy atom. The van der Waals surface area contributed by atoms with Crippen LogP contribution in [0.1, 0.15) is 36.0 Å². The van der Waals surface area contributed by atoms with Crippen LogP contribution < -0.4 is 10.0 Å². The van der Waals surface area contributed by atoms with Crippen molar-refractivity contribution in [1.82, 2.24) is 19.8 Å². The molecule has 2 aromatic rings. The van der Waals surface area contributed by atoms with E-state index in [1.165, 1.54) is 11.3 Å². The number of carbonyl (C=O) groups excluding carboxylic acids is 2. The molecule has 1 aliphatic rings. The maximum absolute atomic E-state index is 12.7. The normalized spacial score (nSPS) is 15.1. The molecule has 11 heteroatoms. The Kier molecular flexibility index (Phi) is 7.39. The van der Waals surface area contributed by atoms with Crippen LogP contribution in [0.2, 0.25) is 0 Å². The van der Waals surface area contributed by atoms with Crippen molar-refractivity contribution in [2.45, 2.75) is 44.9 Å². The van der Waals surface area contributed by atoms with Crippen LogP contribution >= 0.6 is 11.3 Å². The standard InChI is InChI=1S/C20H27N5O4S2/c1-13-10-14(2)18(15(3)11-13)31(28,29)22-7-4-17(26)25-8-5-16(6-9-25)19(27)23-20-24-21-12-30-20/h10-12,16,22H,4-9H2,1-3H3,(H,23,24,27). The summed E-state index contributed by atoms with van der Waals surface area (Å²) in [7, 11) is -3.69. The summed E-state index contributed by atoms with van der Waals surface area (Å²) < 4.78 is 28.0. The summed E-state index contributed by atoms with van der Waals surface area (Å²) in [5.41, 5.74) is 3.92. The van der Waals surface area contributed by atoms with Crippen molar-refractivity contribution >= 4 is 38.3 Å². The van der Waals surface area contributed by atoms with Crippen molar-refractivity contribution in [3.8, 4) is 0 Å². The first-order chi connectivity index (χ1) is 14.7. The second-order valence-corrected chi connectivity index (χ2v) is 10.3. The van der Waals surface area contributed by atoms with Crippen molar-refractivity contribution in [3.63, 3.8) is 0 Å².